The van der Waals surface area contributed by atoms with E-state index in [0.717, 1.165) is 133 Å². The fourth-order valence-corrected chi connectivity index (χ4v) is 18.2. The number of hydrogen-bond acceptors (Lipinski definition) is 4. The van der Waals surface area contributed by atoms with Crippen molar-refractivity contribution >= 4 is 78.2 Å². The molecule has 6 heterocycles. The first-order chi connectivity index (χ1) is 40.0. The summed E-state index contributed by atoms with van der Waals surface area (Å²) in [6.45, 7) is 24.8. The third-order valence-corrected chi connectivity index (χ3v) is 23.6. The van der Waals surface area contributed by atoms with Crippen LogP contribution in [0.5, 0.6) is 0 Å². The Morgan fingerprint density at radius 2 is 0.720 bits per heavy atom. The van der Waals surface area contributed by atoms with E-state index in [-0.39, 0.29) is 11.6 Å². The van der Waals surface area contributed by atoms with Crippen LogP contribution in [0.2, 0.25) is 0 Å². The van der Waals surface area contributed by atoms with Crippen LogP contribution in [0.15, 0.2) is 60.7 Å². The highest BCUT2D eigenvalue weighted by Crippen LogP contribution is 2.49. The fourth-order valence-electron chi connectivity index (χ4n) is 13.3. The third-order valence-electron chi connectivity index (χ3n) is 18.6. The molecule has 6 aromatic heterocycles. The Bertz CT molecular complexity index is 2990. The van der Waals surface area contributed by atoms with Crippen molar-refractivity contribution in [2.45, 2.75) is 262 Å². The number of aryl methyl sites for hydroxylation is 2. The molecule has 0 aliphatic heterocycles. The lowest BCUT2D eigenvalue weighted by Gasteiger charge is -2.14. The van der Waals surface area contributed by atoms with Gasteiger partial charge >= 0.3 is 0 Å². The first-order valence-corrected chi connectivity index (χ1v) is 36.7. The van der Waals surface area contributed by atoms with E-state index < -0.39 is 0 Å². The molecule has 0 N–H and O–H groups in total. The Balaban J connectivity index is 1.28. The molecule has 0 aliphatic rings. The van der Waals surface area contributed by atoms with Gasteiger partial charge < -0.3 is 9.13 Å². The van der Waals surface area contributed by atoms with Gasteiger partial charge in [-0.1, -0.05) is 210 Å². The third kappa shape index (κ3) is 15.7. The summed E-state index contributed by atoms with van der Waals surface area (Å²) in [6, 6.07) is 22.4. The van der Waals surface area contributed by atoms with Crippen molar-refractivity contribution in [2.24, 2.45) is 23.7 Å². The smallest absolute Gasteiger partial charge is 0.132 e. The van der Waals surface area contributed by atoms with E-state index >= 15 is 8.78 Å². The standard InChI is InChI=1S/C74H104F2N2S4/c1-11-21-27-29-39-77-65-49-59(69-45-55(41-51(17-7)31-23-13-3)73(81-69)67-37-35-57(79-67)43-53(19-9)33-25-15-5)63(75)47-61(65)72-71(77)62-48-64(76)60(50-66(62)78(72)40-30-28-22-12-2)70-46-56(42-52(18-8)32-24-14-4)74(82-70)68-38-36-58(80-68)44-54(20-10)34-26-16-6/h35-38,45-54H,11-34,39-44H2,1-10H3. The first kappa shape index (κ1) is 64.4. The Labute approximate surface area is 511 Å². The Kier molecular flexibility index (Phi) is 25.3. The predicted octanol–water partition coefficient (Wildman–Crippen LogP) is 26.1. The highest BCUT2D eigenvalue weighted by Gasteiger charge is 2.28. The fraction of sp³-hybridized carbons (Fsp3) is 0.595. The van der Waals surface area contributed by atoms with Gasteiger partial charge in [0, 0.05) is 74.0 Å². The first-order valence-electron chi connectivity index (χ1n) is 33.5. The van der Waals surface area contributed by atoms with Gasteiger partial charge in [0.15, 0.2) is 0 Å². The molecule has 8 aromatic rings. The minimum Gasteiger partial charge on any atom is -0.339 e. The second kappa shape index (κ2) is 32.3. The summed E-state index contributed by atoms with van der Waals surface area (Å²) in [6.07, 6.45) is 33.0. The molecule has 0 saturated carbocycles. The largest absolute Gasteiger partial charge is 0.339 e. The SMILES string of the molecule is CCCCCCn1c2cc(-c3cc(CC(CC)CCCC)c(-c4ccc(CC(CC)CCCC)s4)s3)c(F)cc2c2c1c1cc(F)c(-c3cc(CC(CC)CCCC)c(-c4ccc(CC(CC)CCCC)s4)s3)cc1n2CCCCCC. The van der Waals surface area contributed by atoms with Crippen molar-refractivity contribution in [1.29, 1.82) is 0 Å². The van der Waals surface area contributed by atoms with Crippen molar-refractivity contribution in [3.05, 3.63) is 93.2 Å². The molecule has 0 amide bonds. The molecule has 0 bridgehead atoms. The van der Waals surface area contributed by atoms with Crippen LogP contribution in [0.4, 0.5) is 8.78 Å². The molecular weight excluding hydrogens is 1080 g/mol. The van der Waals surface area contributed by atoms with Gasteiger partial charge in [0.1, 0.15) is 11.6 Å². The number of halogens is 2. The molecule has 0 radical (unpaired) electrons. The molecule has 82 heavy (non-hydrogen) atoms. The quantitative estimate of drug-likeness (QED) is 0.0341. The van der Waals surface area contributed by atoms with Crippen LogP contribution >= 0.6 is 45.3 Å². The van der Waals surface area contributed by atoms with Crippen molar-refractivity contribution in [1.82, 2.24) is 9.13 Å². The average molecular weight is 1190 g/mol. The topological polar surface area (TPSA) is 9.86 Å². The van der Waals surface area contributed by atoms with Crippen molar-refractivity contribution in [3.8, 4) is 40.4 Å². The lowest BCUT2D eigenvalue weighted by atomic mass is 9.91. The van der Waals surface area contributed by atoms with Gasteiger partial charge in [-0.2, -0.15) is 0 Å². The highest BCUT2D eigenvalue weighted by molar-refractivity contribution is 7.24. The van der Waals surface area contributed by atoms with E-state index in [2.05, 4.69) is 127 Å². The number of unbranched alkanes of at least 4 members (excludes halogenated alkanes) is 10. The summed E-state index contributed by atoms with van der Waals surface area (Å²) in [5.41, 5.74) is 8.40. The molecule has 4 atom stereocenters. The molecule has 0 fully saturated rings. The van der Waals surface area contributed by atoms with Gasteiger partial charge in [0.05, 0.1) is 22.1 Å². The van der Waals surface area contributed by atoms with Crippen LogP contribution in [0.25, 0.3) is 73.2 Å². The molecule has 0 aliphatic carbocycles. The summed E-state index contributed by atoms with van der Waals surface area (Å²) in [5.74, 6) is 2.30. The van der Waals surface area contributed by atoms with Gasteiger partial charge in [-0.25, -0.2) is 8.78 Å². The van der Waals surface area contributed by atoms with Crippen LogP contribution in [0.1, 0.15) is 244 Å². The molecule has 8 rings (SSSR count). The number of benzene rings is 2. The van der Waals surface area contributed by atoms with Gasteiger partial charge in [-0.05, 0) is 134 Å². The second-order valence-electron chi connectivity index (χ2n) is 24.8. The maximum atomic E-state index is 17.7. The van der Waals surface area contributed by atoms with E-state index in [1.165, 1.54) is 143 Å². The summed E-state index contributed by atoms with van der Waals surface area (Å²) in [4.78, 5) is 10.3. The molecule has 8 heteroatoms. The highest BCUT2D eigenvalue weighted by atomic mass is 32.1. The minimum absolute atomic E-state index is 0.163. The number of thiophene rings is 4. The van der Waals surface area contributed by atoms with Gasteiger partial charge in [-0.3, -0.25) is 0 Å². The number of fused-ring (bicyclic) bond motifs is 5. The maximum absolute atomic E-state index is 17.7. The molecule has 4 unspecified atom stereocenters. The van der Waals surface area contributed by atoms with Crippen LogP contribution < -0.4 is 0 Å². The average Bonchev–Trinajstić information content (AvgIpc) is 2.03. The van der Waals surface area contributed by atoms with E-state index in [4.69, 9.17) is 0 Å². The number of rotatable bonds is 38. The zero-order chi connectivity index (χ0) is 58.1. The van der Waals surface area contributed by atoms with E-state index in [1.807, 2.05) is 34.8 Å². The summed E-state index contributed by atoms with van der Waals surface area (Å²) in [5, 5.41) is 1.90. The van der Waals surface area contributed by atoms with Crippen molar-refractivity contribution < 1.29 is 8.78 Å². The van der Waals surface area contributed by atoms with Crippen LogP contribution in [-0.4, -0.2) is 9.13 Å². The van der Waals surface area contributed by atoms with Gasteiger partial charge in [0.2, 0.25) is 0 Å². The normalized spacial score (nSPS) is 13.7. The lowest BCUT2D eigenvalue weighted by molar-refractivity contribution is 0.450. The Morgan fingerprint density at radius 3 is 1.06 bits per heavy atom. The Hall–Kier alpha value is -3.56. The van der Waals surface area contributed by atoms with Crippen LogP contribution in [0.3, 0.4) is 0 Å². The summed E-state index contributed by atoms with van der Waals surface area (Å²) >= 11 is 7.54. The molecule has 448 valence electrons. The van der Waals surface area contributed by atoms with Crippen molar-refractivity contribution in [3.63, 3.8) is 0 Å². The van der Waals surface area contributed by atoms with E-state index in [1.54, 1.807) is 22.7 Å². The summed E-state index contributed by atoms with van der Waals surface area (Å²) in [7, 11) is 0. The summed E-state index contributed by atoms with van der Waals surface area (Å²) < 4.78 is 40.4. The molecule has 0 spiro atoms. The molecule has 2 nitrogen and oxygen atoms in total. The van der Waals surface area contributed by atoms with E-state index in [0.29, 0.717) is 34.8 Å². The number of aromatic nitrogens is 2. The zero-order valence-electron chi connectivity index (χ0n) is 52.6. The van der Waals surface area contributed by atoms with E-state index in [9.17, 15) is 0 Å². The number of hydrogen-bond donors (Lipinski definition) is 0. The van der Waals surface area contributed by atoms with Crippen molar-refractivity contribution in [2.75, 3.05) is 0 Å². The monoisotopic (exact) mass is 1190 g/mol. The van der Waals surface area contributed by atoms with Gasteiger partial charge in [0.25, 0.3) is 0 Å². The molecule has 0 saturated heterocycles. The zero-order valence-corrected chi connectivity index (χ0v) is 55.8. The predicted molar refractivity (Wildman–Crippen MR) is 364 cm³/mol. The van der Waals surface area contributed by atoms with Crippen LogP contribution in [0, 0.1) is 35.3 Å². The lowest BCUT2D eigenvalue weighted by Crippen LogP contribution is -2.03. The maximum Gasteiger partial charge on any atom is 0.132 e. The Morgan fingerprint density at radius 1 is 0.366 bits per heavy atom. The van der Waals surface area contributed by atoms with Crippen LogP contribution in [-0.2, 0) is 38.8 Å². The minimum atomic E-state index is -0.163. The van der Waals surface area contributed by atoms with Gasteiger partial charge in [-0.15, -0.1) is 45.3 Å². The molecule has 2 aromatic carbocycles. The number of nitrogens with zero attached hydrogens (tertiary/aromatic N) is 2. The second-order valence-corrected chi connectivity index (χ2v) is 29.2. The molecular formula is C74H104F2N2S4.